The summed E-state index contributed by atoms with van der Waals surface area (Å²) in [5.41, 5.74) is 2.08. The Morgan fingerprint density at radius 3 is 2.59 bits per heavy atom. The number of aryl methyl sites for hydroxylation is 1. The van der Waals surface area contributed by atoms with E-state index in [-0.39, 0.29) is 18.9 Å². The minimum Gasteiger partial charge on any atom is -0.481 e. The van der Waals surface area contributed by atoms with Crippen LogP contribution >= 0.6 is 0 Å². The highest BCUT2D eigenvalue weighted by Gasteiger charge is 2.15. The van der Waals surface area contributed by atoms with Gasteiger partial charge in [0.05, 0.1) is 12.1 Å². The number of nitrogens with zero attached hydrogens (tertiary/aromatic N) is 2. The molecule has 1 heterocycles. The van der Waals surface area contributed by atoms with Crippen molar-refractivity contribution in [2.24, 2.45) is 0 Å². The highest BCUT2D eigenvalue weighted by Crippen LogP contribution is 2.13. The average molecular weight is 239 g/mol. The number of carbonyl (C=O) groups excluding carboxylic acids is 1. The van der Waals surface area contributed by atoms with Crippen LogP contribution in [0.3, 0.4) is 0 Å². The van der Waals surface area contributed by atoms with Gasteiger partial charge in [0.25, 0.3) is 0 Å². The fourth-order valence-electron chi connectivity index (χ4n) is 1.68. The van der Waals surface area contributed by atoms with Crippen molar-refractivity contribution in [3.63, 3.8) is 0 Å². The fourth-order valence-corrected chi connectivity index (χ4v) is 1.68. The zero-order chi connectivity index (χ0) is 13.0. The third-order valence-corrected chi connectivity index (χ3v) is 2.53. The number of carbonyl (C=O) groups is 2. The SMILES string of the molecule is CCNC(=O)Cn1nc(C)c(CC(=O)O)c1C. The van der Waals surface area contributed by atoms with Crippen molar-refractivity contribution in [3.05, 3.63) is 17.0 Å². The van der Waals surface area contributed by atoms with E-state index in [4.69, 9.17) is 5.11 Å². The first kappa shape index (κ1) is 13.2. The summed E-state index contributed by atoms with van der Waals surface area (Å²) in [6, 6.07) is 0. The smallest absolute Gasteiger partial charge is 0.307 e. The molecule has 0 saturated carbocycles. The molecular weight excluding hydrogens is 222 g/mol. The fraction of sp³-hybridized carbons (Fsp3) is 0.545. The first-order chi connectivity index (χ1) is 7.95. The standard InChI is InChI=1S/C11H17N3O3/c1-4-12-10(15)6-14-8(3)9(5-11(16)17)7(2)13-14/h4-6H2,1-3H3,(H,12,15)(H,16,17). The van der Waals surface area contributed by atoms with Gasteiger partial charge < -0.3 is 10.4 Å². The van der Waals surface area contributed by atoms with Gasteiger partial charge in [-0.15, -0.1) is 0 Å². The number of carboxylic acid groups (broad SMARTS) is 1. The molecule has 1 aromatic heterocycles. The Kier molecular flexibility index (Phi) is 4.25. The lowest BCUT2D eigenvalue weighted by molar-refractivity contribution is -0.136. The van der Waals surface area contributed by atoms with Crippen LogP contribution < -0.4 is 5.32 Å². The number of carboxylic acids is 1. The van der Waals surface area contributed by atoms with Crippen molar-refractivity contribution in [2.45, 2.75) is 33.7 Å². The number of hydrogen-bond donors (Lipinski definition) is 2. The molecule has 94 valence electrons. The van der Waals surface area contributed by atoms with E-state index in [0.717, 1.165) is 5.69 Å². The number of aromatic nitrogens is 2. The summed E-state index contributed by atoms with van der Waals surface area (Å²) < 4.78 is 1.54. The van der Waals surface area contributed by atoms with Gasteiger partial charge in [0.15, 0.2) is 0 Å². The lowest BCUT2D eigenvalue weighted by Crippen LogP contribution is -2.28. The van der Waals surface area contributed by atoms with Crippen molar-refractivity contribution < 1.29 is 14.7 Å². The first-order valence-electron chi connectivity index (χ1n) is 5.47. The topological polar surface area (TPSA) is 84.2 Å². The van der Waals surface area contributed by atoms with Crippen molar-refractivity contribution in [1.82, 2.24) is 15.1 Å². The molecule has 0 saturated heterocycles. The van der Waals surface area contributed by atoms with Crippen LogP contribution in [0.4, 0.5) is 0 Å². The molecule has 1 amide bonds. The maximum Gasteiger partial charge on any atom is 0.307 e. The average Bonchev–Trinajstić information content (AvgIpc) is 2.46. The highest BCUT2D eigenvalue weighted by molar-refractivity contribution is 5.76. The minimum absolute atomic E-state index is 0.0624. The van der Waals surface area contributed by atoms with Gasteiger partial charge in [0, 0.05) is 17.8 Å². The summed E-state index contributed by atoms with van der Waals surface area (Å²) in [7, 11) is 0. The number of amides is 1. The number of aliphatic carboxylic acids is 1. The van der Waals surface area contributed by atoms with Gasteiger partial charge in [0.1, 0.15) is 6.54 Å². The maximum atomic E-state index is 11.4. The third kappa shape index (κ3) is 3.30. The van der Waals surface area contributed by atoms with Crippen LogP contribution in [0.1, 0.15) is 23.9 Å². The number of nitrogens with one attached hydrogen (secondary N) is 1. The predicted molar refractivity (Wildman–Crippen MR) is 61.7 cm³/mol. The van der Waals surface area contributed by atoms with E-state index >= 15 is 0 Å². The zero-order valence-electron chi connectivity index (χ0n) is 10.3. The van der Waals surface area contributed by atoms with Crippen molar-refractivity contribution in [3.8, 4) is 0 Å². The molecule has 6 nitrogen and oxygen atoms in total. The Hall–Kier alpha value is -1.85. The summed E-state index contributed by atoms with van der Waals surface area (Å²) in [4.78, 5) is 22.1. The van der Waals surface area contributed by atoms with E-state index < -0.39 is 5.97 Å². The zero-order valence-corrected chi connectivity index (χ0v) is 10.3. The van der Waals surface area contributed by atoms with Gasteiger partial charge >= 0.3 is 5.97 Å². The molecule has 0 aromatic carbocycles. The summed E-state index contributed by atoms with van der Waals surface area (Å²) in [6.45, 7) is 6.06. The molecule has 0 aliphatic rings. The van der Waals surface area contributed by atoms with Gasteiger partial charge in [-0.1, -0.05) is 0 Å². The Balaban J connectivity index is 2.88. The van der Waals surface area contributed by atoms with E-state index in [1.807, 2.05) is 6.92 Å². The Morgan fingerprint density at radius 2 is 2.06 bits per heavy atom. The summed E-state index contributed by atoms with van der Waals surface area (Å²) in [6.07, 6.45) is -0.0624. The van der Waals surface area contributed by atoms with Crippen molar-refractivity contribution >= 4 is 11.9 Å². The molecule has 1 rings (SSSR count). The van der Waals surface area contributed by atoms with Gasteiger partial charge in [0.2, 0.25) is 5.91 Å². The van der Waals surface area contributed by atoms with Gasteiger partial charge in [-0.3, -0.25) is 14.3 Å². The maximum absolute atomic E-state index is 11.4. The molecule has 0 bridgehead atoms. The molecular formula is C11H17N3O3. The molecule has 17 heavy (non-hydrogen) atoms. The predicted octanol–water partition coefficient (Wildman–Crippen LogP) is 0.263. The van der Waals surface area contributed by atoms with Crippen LogP contribution in [-0.2, 0) is 22.6 Å². The van der Waals surface area contributed by atoms with Gasteiger partial charge in [-0.25, -0.2) is 0 Å². The van der Waals surface area contributed by atoms with Crippen LogP contribution in [0.25, 0.3) is 0 Å². The molecule has 1 aromatic rings. The molecule has 0 radical (unpaired) electrons. The highest BCUT2D eigenvalue weighted by atomic mass is 16.4. The molecule has 0 atom stereocenters. The van der Waals surface area contributed by atoms with Crippen LogP contribution in [0.5, 0.6) is 0 Å². The van der Waals surface area contributed by atoms with Crippen LogP contribution in [-0.4, -0.2) is 33.3 Å². The summed E-state index contributed by atoms with van der Waals surface area (Å²) in [5, 5.41) is 15.6. The second-order valence-electron chi connectivity index (χ2n) is 3.83. The van der Waals surface area contributed by atoms with E-state index in [1.165, 1.54) is 0 Å². The Labute approximate surface area is 99.6 Å². The molecule has 2 N–H and O–H groups in total. The first-order valence-corrected chi connectivity index (χ1v) is 5.47. The van der Waals surface area contributed by atoms with Crippen LogP contribution in [0.15, 0.2) is 0 Å². The molecule has 0 unspecified atom stereocenters. The monoisotopic (exact) mass is 239 g/mol. The van der Waals surface area contributed by atoms with E-state index in [9.17, 15) is 9.59 Å². The van der Waals surface area contributed by atoms with E-state index in [1.54, 1.807) is 18.5 Å². The lowest BCUT2D eigenvalue weighted by Gasteiger charge is -2.04. The van der Waals surface area contributed by atoms with Crippen molar-refractivity contribution in [2.75, 3.05) is 6.54 Å². The second-order valence-corrected chi connectivity index (χ2v) is 3.83. The molecule has 0 aliphatic carbocycles. The van der Waals surface area contributed by atoms with E-state index in [0.29, 0.717) is 17.8 Å². The quantitative estimate of drug-likeness (QED) is 0.772. The largest absolute Gasteiger partial charge is 0.481 e. The normalized spacial score (nSPS) is 10.3. The molecule has 0 fully saturated rings. The number of likely N-dealkylation sites (N-methyl/N-ethyl adjacent to an activating group) is 1. The summed E-state index contributed by atoms with van der Waals surface area (Å²) in [5.74, 6) is -1.02. The third-order valence-electron chi connectivity index (χ3n) is 2.53. The van der Waals surface area contributed by atoms with Crippen molar-refractivity contribution in [1.29, 1.82) is 0 Å². The molecule has 0 spiro atoms. The Morgan fingerprint density at radius 1 is 1.41 bits per heavy atom. The molecule has 6 heteroatoms. The minimum atomic E-state index is -0.895. The molecule has 0 aliphatic heterocycles. The number of rotatable bonds is 5. The summed E-state index contributed by atoms with van der Waals surface area (Å²) >= 11 is 0. The Bertz CT molecular complexity index is 437. The lowest BCUT2D eigenvalue weighted by atomic mass is 10.1. The van der Waals surface area contributed by atoms with Gasteiger partial charge in [-0.05, 0) is 20.8 Å². The van der Waals surface area contributed by atoms with Gasteiger partial charge in [-0.2, -0.15) is 5.10 Å². The van der Waals surface area contributed by atoms with Crippen LogP contribution in [0.2, 0.25) is 0 Å². The van der Waals surface area contributed by atoms with E-state index in [2.05, 4.69) is 10.4 Å². The van der Waals surface area contributed by atoms with Crippen LogP contribution in [0, 0.1) is 13.8 Å². The number of hydrogen-bond acceptors (Lipinski definition) is 3. The second kappa shape index (κ2) is 5.47.